The van der Waals surface area contributed by atoms with Crippen LogP contribution in [0.25, 0.3) is 16.9 Å². The molecule has 0 bridgehead atoms. The number of carbonyl (C=O) groups excluding carboxylic acids is 2. The van der Waals surface area contributed by atoms with Gasteiger partial charge in [-0.15, -0.1) is 0 Å². The first-order valence-electron chi connectivity index (χ1n) is 11.9. The monoisotopic (exact) mass is 613 g/mol. The predicted molar refractivity (Wildman–Crippen MR) is 157 cm³/mol. The fourth-order valence-corrected chi connectivity index (χ4v) is 4.48. The smallest absolute Gasteiger partial charge is 0.315 e. The molecule has 1 aromatic heterocycles. The van der Waals surface area contributed by atoms with Gasteiger partial charge in [0.05, 0.1) is 27.1 Å². The molecule has 0 aliphatic heterocycles. The first kappa shape index (κ1) is 27.7. The van der Waals surface area contributed by atoms with E-state index >= 15 is 0 Å². The van der Waals surface area contributed by atoms with Crippen LogP contribution in [0.2, 0.25) is 10.0 Å². The van der Waals surface area contributed by atoms with Gasteiger partial charge in [0.1, 0.15) is 12.4 Å². The molecule has 196 valence electrons. The van der Waals surface area contributed by atoms with Crippen molar-refractivity contribution in [1.29, 1.82) is 0 Å². The molecule has 0 saturated carbocycles. The van der Waals surface area contributed by atoms with E-state index in [1.165, 1.54) is 4.90 Å². The van der Waals surface area contributed by atoms with Gasteiger partial charge >= 0.3 is 6.03 Å². The van der Waals surface area contributed by atoms with Gasteiger partial charge in [0, 0.05) is 22.6 Å². The first-order valence-corrected chi connectivity index (χ1v) is 13.5. The molecule has 1 heterocycles. The summed E-state index contributed by atoms with van der Waals surface area (Å²) in [7, 11) is 0. The van der Waals surface area contributed by atoms with Gasteiger partial charge in [-0.05, 0) is 52.2 Å². The highest BCUT2D eigenvalue weighted by atomic mass is 79.9. The topological polar surface area (TPSA) is 79.3 Å². The van der Waals surface area contributed by atoms with E-state index in [2.05, 4.69) is 26.6 Å². The summed E-state index contributed by atoms with van der Waals surface area (Å²) in [5.41, 5.74) is 2.80. The second-order valence-corrected chi connectivity index (χ2v) is 10.7. The Morgan fingerprint density at radius 1 is 0.947 bits per heavy atom. The van der Waals surface area contributed by atoms with Crippen LogP contribution in [0.1, 0.15) is 13.8 Å². The van der Waals surface area contributed by atoms with E-state index in [0.29, 0.717) is 39.5 Å². The molecule has 0 aliphatic carbocycles. The molecule has 0 saturated heterocycles. The van der Waals surface area contributed by atoms with Crippen LogP contribution in [-0.4, -0.2) is 39.7 Å². The van der Waals surface area contributed by atoms with Crippen LogP contribution in [0.3, 0.4) is 0 Å². The van der Waals surface area contributed by atoms with E-state index in [-0.39, 0.29) is 24.4 Å². The van der Waals surface area contributed by atoms with E-state index in [4.69, 9.17) is 28.3 Å². The highest BCUT2D eigenvalue weighted by molar-refractivity contribution is 9.10. The van der Waals surface area contributed by atoms with Crippen molar-refractivity contribution in [1.82, 2.24) is 14.7 Å². The molecule has 0 radical (unpaired) electrons. The number of rotatable bonds is 8. The summed E-state index contributed by atoms with van der Waals surface area (Å²) in [6, 6.07) is 23.5. The zero-order chi connectivity index (χ0) is 27.2. The summed E-state index contributed by atoms with van der Waals surface area (Å²) in [5.74, 6) is 0.218. The van der Waals surface area contributed by atoms with E-state index in [0.717, 1.165) is 10.0 Å². The third-order valence-electron chi connectivity index (χ3n) is 5.52. The molecule has 0 aliphatic rings. The number of hydrogen-bond donors (Lipinski definition) is 2. The van der Waals surface area contributed by atoms with Gasteiger partial charge in [0.25, 0.3) is 0 Å². The quantitative estimate of drug-likeness (QED) is 0.213. The molecule has 3 aromatic carbocycles. The maximum absolute atomic E-state index is 13.2. The van der Waals surface area contributed by atoms with Crippen molar-refractivity contribution >= 4 is 62.6 Å². The van der Waals surface area contributed by atoms with Crippen LogP contribution in [0.15, 0.2) is 83.3 Å². The zero-order valence-electron chi connectivity index (χ0n) is 20.8. The Balaban J connectivity index is 1.59. The van der Waals surface area contributed by atoms with Gasteiger partial charge in [-0.2, -0.15) is 5.10 Å². The maximum atomic E-state index is 13.2. The number of anilines is 2. The zero-order valence-corrected chi connectivity index (χ0v) is 23.9. The SMILES string of the molecule is CC(C)CN(CC(=O)Nc1cc(-c2ccccc2)nn1-c1ccc(Cl)c(Cl)c1)C(=O)Nc1ccccc1Br. The normalized spacial score (nSPS) is 10.9. The minimum atomic E-state index is -0.372. The number of halogens is 3. The lowest BCUT2D eigenvalue weighted by Gasteiger charge is -2.24. The largest absolute Gasteiger partial charge is 0.322 e. The summed E-state index contributed by atoms with van der Waals surface area (Å²) in [5, 5.41) is 11.3. The van der Waals surface area contributed by atoms with Gasteiger partial charge in [0.15, 0.2) is 0 Å². The summed E-state index contributed by atoms with van der Waals surface area (Å²) >= 11 is 15.8. The van der Waals surface area contributed by atoms with Crippen LogP contribution in [0.5, 0.6) is 0 Å². The number of benzene rings is 3. The molecule has 0 fully saturated rings. The number of aromatic nitrogens is 2. The van der Waals surface area contributed by atoms with Crippen LogP contribution in [0, 0.1) is 5.92 Å². The average molecular weight is 615 g/mol. The molecule has 7 nitrogen and oxygen atoms in total. The number of nitrogens with one attached hydrogen (secondary N) is 2. The Bertz CT molecular complexity index is 1440. The molecular formula is C28H26BrCl2N5O2. The lowest BCUT2D eigenvalue weighted by Crippen LogP contribution is -2.42. The van der Waals surface area contributed by atoms with Crippen molar-refractivity contribution in [2.45, 2.75) is 13.8 Å². The Labute approximate surface area is 239 Å². The second-order valence-electron chi connectivity index (χ2n) is 9.02. The molecule has 0 atom stereocenters. The van der Waals surface area contributed by atoms with E-state index in [9.17, 15) is 9.59 Å². The van der Waals surface area contributed by atoms with Crippen LogP contribution >= 0.6 is 39.1 Å². The predicted octanol–water partition coefficient (Wildman–Crippen LogP) is 7.74. The fourth-order valence-electron chi connectivity index (χ4n) is 3.81. The second kappa shape index (κ2) is 12.5. The first-order chi connectivity index (χ1) is 18.2. The average Bonchev–Trinajstić information content (AvgIpc) is 3.30. The number of nitrogens with zero attached hydrogens (tertiary/aromatic N) is 3. The van der Waals surface area contributed by atoms with Gasteiger partial charge in [-0.25, -0.2) is 9.48 Å². The molecule has 38 heavy (non-hydrogen) atoms. The summed E-state index contributed by atoms with van der Waals surface area (Å²) in [6.45, 7) is 4.22. The van der Waals surface area contributed by atoms with Gasteiger partial charge in [-0.3, -0.25) is 4.79 Å². The Hall–Kier alpha value is -3.33. The molecule has 0 spiro atoms. The Morgan fingerprint density at radius 3 is 2.34 bits per heavy atom. The summed E-state index contributed by atoms with van der Waals surface area (Å²) in [6.07, 6.45) is 0. The molecular weight excluding hydrogens is 589 g/mol. The van der Waals surface area contributed by atoms with Crippen molar-refractivity contribution in [3.63, 3.8) is 0 Å². The van der Waals surface area contributed by atoms with Crippen molar-refractivity contribution in [3.8, 4) is 16.9 Å². The molecule has 4 aromatic rings. The van der Waals surface area contributed by atoms with Crippen molar-refractivity contribution in [2.24, 2.45) is 5.92 Å². The minimum absolute atomic E-state index is 0.151. The summed E-state index contributed by atoms with van der Waals surface area (Å²) < 4.78 is 2.34. The fraction of sp³-hybridized carbons (Fsp3) is 0.179. The maximum Gasteiger partial charge on any atom is 0.322 e. The molecule has 10 heteroatoms. The number of urea groups is 1. The lowest BCUT2D eigenvalue weighted by atomic mass is 10.1. The molecule has 4 rings (SSSR count). The van der Waals surface area contributed by atoms with Gasteiger partial charge < -0.3 is 15.5 Å². The van der Waals surface area contributed by atoms with E-state index in [1.807, 2.05) is 62.4 Å². The highest BCUT2D eigenvalue weighted by Crippen LogP contribution is 2.29. The third-order valence-corrected chi connectivity index (χ3v) is 6.95. The van der Waals surface area contributed by atoms with Crippen LogP contribution in [-0.2, 0) is 4.79 Å². The molecule has 0 unspecified atom stereocenters. The van der Waals surface area contributed by atoms with Gasteiger partial charge in [0.2, 0.25) is 5.91 Å². The van der Waals surface area contributed by atoms with Crippen LogP contribution in [0.4, 0.5) is 16.3 Å². The van der Waals surface area contributed by atoms with Crippen molar-refractivity contribution in [3.05, 3.63) is 93.4 Å². The molecule has 3 amide bonds. The highest BCUT2D eigenvalue weighted by Gasteiger charge is 2.21. The Morgan fingerprint density at radius 2 is 1.66 bits per heavy atom. The standard InChI is InChI=1S/C28H26BrCl2N5O2/c1-18(2)16-35(28(38)32-24-11-7-6-10-21(24)29)17-27(37)33-26-15-25(19-8-4-3-5-9-19)34-36(26)20-12-13-22(30)23(31)14-20/h3-15,18H,16-17H2,1-2H3,(H,32,38)(H,33,37). The lowest BCUT2D eigenvalue weighted by molar-refractivity contribution is -0.116. The van der Waals surface area contributed by atoms with Crippen LogP contribution < -0.4 is 10.6 Å². The number of carbonyl (C=O) groups is 2. The van der Waals surface area contributed by atoms with Crippen molar-refractivity contribution in [2.75, 3.05) is 23.7 Å². The number of amides is 3. The third kappa shape index (κ3) is 6.95. The van der Waals surface area contributed by atoms with Crippen molar-refractivity contribution < 1.29 is 9.59 Å². The number of hydrogen-bond acceptors (Lipinski definition) is 3. The van der Waals surface area contributed by atoms with E-state index < -0.39 is 0 Å². The minimum Gasteiger partial charge on any atom is -0.315 e. The summed E-state index contributed by atoms with van der Waals surface area (Å²) in [4.78, 5) is 27.8. The van der Waals surface area contributed by atoms with E-state index in [1.54, 1.807) is 35.0 Å². The Kier molecular flexibility index (Phi) is 9.09. The number of para-hydroxylation sites is 1. The van der Waals surface area contributed by atoms with Gasteiger partial charge in [-0.1, -0.05) is 79.5 Å². The molecule has 2 N–H and O–H groups in total.